The van der Waals surface area contributed by atoms with Crippen molar-refractivity contribution in [1.29, 1.82) is 0 Å². The molecule has 2 heterocycles. The average molecular weight is 447 g/mol. The van der Waals surface area contributed by atoms with E-state index in [0.717, 1.165) is 35.7 Å². The zero-order valence-electron chi connectivity index (χ0n) is 18.6. The minimum Gasteiger partial charge on any atom is -0.312 e. The van der Waals surface area contributed by atoms with Crippen LogP contribution in [0.2, 0.25) is 0 Å². The molecule has 31 heavy (non-hydrogen) atoms. The van der Waals surface area contributed by atoms with Crippen LogP contribution < -0.4 is 10.0 Å². The summed E-state index contributed by atoms with van der Waals surface area (Å²) in [5.74, 6) is 1.87. The second-order valence-corrected chi connectivity index (χ2v) is 11.2. The first-order valence-electron chi connectivity index (χ1n) is 11.5. The van der Waals surface area contributed by atoms with Crippen LogP contribution in [0.3, 0.4) is 0 Å². The maximum absolute atomic E-state index is 12.8. The molecule has 0 bridgehead atoms. The lowest BCUT2D eigenvalue weighted by Crippen LogP contribution is -2.53. The molecule has 1 saturated carbocycles. The average Bonchev–Trinajstić information content (AvgIpc) is 3.06. The molecule has 170 valence electrons. The van der Waals surface area contributed by atoms with Gasteiger partial charge in [-0.15, -0.1) is 0 Å². The Hall–Kier alpha value is -1.77. The largest absolute Gasteiger partial charge is 0.312 e. The lowest BCUT2D eigenvalue weighted by atomic mass is 9.82. The molecule has 3 aliphatic rings. The Labute approximate surface area is 185 Å². The molecule has 0 radical (unpaired) electrons. The summed E-state index contributed by atoms with van der Waals surface area (Å²) in [5, 5.41) is 3.04. The van der Waals surface area contributed by atoms with Gasteiger partial charge in [-0.05, 0) is 56.1 Å². The molecular formula is C23H34N4O3S. The van der Waals surface area contributed by atoms with Gasteiger partial charge in [0.05, 0.1) is 0 Å². The van der Waals surface area contributed by atoms with Crippen molar-refractivity contribution < 1.29 is 13.2 Å². The highest BCUT2D eigenvalue weighted by Gasteiger charge is 2.48. The van der Waals surface area contributed by atoms with Gasteiger partial charge in [-0.1, -0.05) is 44.0 Å². The van der Waals surface area contributed by atoms with Gasteiger partial charge in [-0.2, -0.15) is 12.7 Å². The third-order valence-electron chi connectivity index (χ3n) is 7.23. The minimum absolute atomic E-state index is 0.0503. The maximum Gasteiger partial charge on any atom is 0.279 e. The molecule has 1 aromatic rings. The van der Waals surface area contributed by atoms with Crippen LogP contribution in [0.5, 0.6) is 0 Å². The molecule has 2 aliphatic heterocycles. The molecule has 7 nitrogen and oxygen atoms in total. The molecule has 2 fully saturated rings. The molecule has 1 saturated heterocycles. The van der Waals surface area contributed by atoms with Gasteiger partial charge in [-0.3, -0.25) is 9.79 Å². The second-order valence-electron chi connectivity index (χ2n) is 9.41. The van der Waals surface area contributed by atoms with Crippen LogP contribution in [0, 0.1) is 18.8 Å². The summed E-state index contributed by atoms with van der Waals surface area (Å²) >= 11 is 0. The molecule has 8 heteroatoms. The lowest BCUT2D eigenvalue weighted by Gasteiger charge is -2.34. The van der Waals surface area contributed by atoms with Crippen LogP contribution in [0.15, 0.2) is 29.3 Å². The minimum atomic E-state index is -3.57. The second kappa shape index (κ2) is 9.00. The zero-order valence-corrected chi connectivity index (χ0v) is 19.4. The van der Waals surface area contributed by atoms with Gasteiger partial charge in [0.15, 0.2) is 0 Å². The number of rotatable bonds is 6. The highest BCUT2D eigenvalue weighted by atomic mass is 32.2. The third-order valence-corrected chi connectivity index (χ3v) is 8.84. The van der Waals surface area contributed by atoms with Gasteiger partial charge in [-0.25, -0.2) is 4.72 Å². The topological polar surface area (TPSA) is 90.9 Å². The highest BCUT2D eigenvalue weighted by Crippen LogP contribution is 2.35. The van der Waals surface area contributed by atoms with Gasteiger partial charge in [0.1, 0.15) is 11.4 Å². The van der Waals surface area contributed by atoms with Crippen molar-refractivity contribution >= 4 is 22.0 Å². The summed E-state index contributed by atoms with van der Waals surface area (Å²) in [5.41, 5.74) is 1.52. The Morgan fingerprint density at radius 3 is 2.52 bits per heavy atom. The molecule has 2 N–H and O–H groups in total. The summed E-state index contributed by atoms with van der Waals surface area (Å²) in [6.07, 6.45) is 6.01. The Morgan fingerprint density at radius 1 is 1.16 bits per heavy atom. The monoisotopic (exact) mass is 446 g/mol. The summed E-state index contributed by atoms with van der Waals surface area (Å²) in [6.45, 7) is 5.29. The van der Waals surface area contributed by atoms with Crippen molar-refractivity contribution in [2.75, 3.05) is 19.6 Å². The van der Waals surface area contributed by atoms with Crippen molar-refractivity contribution in [1.82, 2.24) is 14.3 Å². The van der Waals surface area contributed by atoms with Crippen LogP contribution >= 0.6 is 0 Å². The molecular weight excluding hydrogens is 412 g/mol. The number of piperidine rings is 1. The van der Waals surface area contributed by atoms with E-state index < -0.39 is 15.7 Å². The van der Waals surface area contributed by atoms with E-state index >= 15 is 0 Å². The third kappa shape index (κ3) is 4.86. The van der Waals surface area contributed by atoms with Crippen molar-refractivity contribution in [3.8, 4) is 0 Å². The first-order valence-corrected chi connectivity index (χ1v) is 12.9. The number of benzene rings is 1. The molecule has 1 spiro atoms. The van der Waals surface area contributed by atoms with Crippen LogP contribution in [0.25, 0.3) is 0 Å². The number of nitrogens with one attached hydrogen (secondary N) is 2. The Balaban J connectivity index is 1.33. The van der Waals surface area contributed by atoms with E-state index in [4.69, 9.17) is 4.99 Å². The van der Waals surface area contributed by atoms with Crippen LogP contribution in [0.4, 0.5) is 0 Å². The summed E-state index contributed by atoms with van der Waals surface area (Å²) < 4.78 is 29.7. The SMILES string of the molecule is Cc1ccccc1CCNS(=O)(=O)N1CCC2(CC1)N=C(C1CCC(C)CC1)NC2=O. The van der Waals surface area contributed by atoms with E-state index in [1.165, 1.54) is 17.1 Å². The van der Waals surface area contributed by atoms with Crippen molar-refractivity contribution in [3.05, 3.63) is 35.4 Å². The normalized spacial score (nSPS) is 26.6. The predicted octanol–water partition coefficient (Wildman–Crippen LogP) is 2.56. The fourth-order valence-corrected chi connectivity index (χ4v) is 6.21. The van der Waals surface area contributed by atoms with E-state index in [9.17, 15) is 13.2 Å². The number of aliphatic imine (C=N–C) groups is 1. The molecule has 0 atom stereocenters. The number of carbonyl (C=O) groups excluding carboxylic acids is 1. The number of amides is 1. The summed E-state index contributed by atoms with van der Waals surface area (Å²) in [6, 6.07) is 8.00. The van der Waals surface area contributed by atoms with Crippen molar-refractivity contribution in [2.24, 2.45) is 16.8 Å². The lowest BCUT2D eigenvalue weighted by molar-refractivity contribution is -0.125. The quantitative estimate of drug-likeness (QED) is 0.704. The fourth-order valence-electron chi connectivity index (χ4n) is 5.00. The van der Waals surface area contributed by atoms with Gasteiger partial charge in [0.2, 0.25) is 0 Å². The molecule has 1 aliphatic carbocycles. The zero-order chi connectivity index (χ0) is 22.1. The van der Waals surface area contributed by atoms with E-state index in [-0.39, 0.29) is 5.91 Å². The van der Waals surface area contributed by atoms with Gasteiger partial charge >= 0.3 is 0 Å². The van der Waals surface area contributed by atoms with Gasteiger partial charge < -0.3 is 5.32 Å². The summed E-state index contributed by atoms with van der Waals surface area (Å²) in [7, 11) is -3.57. The molecule has 0 unspecified atom stereocenters. The smallest absolute Gasteiger partial charge is 0.279 e. The van der Waals surface area contributed by atoms with Crippen molar-refractivity contribution in [3.63, 3.8) is 0 Å². The number of amidine groups is 1. The number of hydrogen-bond donors (Lipinski definition) is 2. The summed E-state index contributed by atoms with van der Waals surface area (Å²) in [4.78, 5) is 17.6. The standard InChI is InChI=1S/C23H34N4O3S/c1-17-7-9-20(10-8-17)21-25-22(28)23(26-21)12-15-27(16-13-23)31(29,30)24-14-11-19-6-4-3-5-18(19)2/h3-6,17,20,24H,7-16H2,1-2H3,(H,25,26,28). The maximum atomic E-state index is 12.8. The highest BCUT2D eigenvalue weighted by molar-refractivity contribution is 7.87. The van der Waals surface area contributed by atoms with E-state index in [1.807, 2.05) is 31.2 Å². The number of nitrogens with zero attached hydrogens (tertiary/aromatic N) is 2. The van der Waals surface area contributed by atoms with Crippen LogP contribution in [-0.2, 0) is 21.4 Å². The first kappa shape index (κ1) is 22.4. The van der Waals surface area contributed by atoms with Crippen LogP contribution in [-0.4, -0.2) is 49.6 Å². The van der Waals surface area contributed by atoms with Gasteiger partial charge in [0.25, 0.3) is 16.1 Å². The predicted molar refractivity (Wildman–Crippen MR) is 122 cm³/mol. The number of hydrogen-bond acceptors (Lipinski definition) is 4. The van der Waals surface area contributed by atoms with Crippen molar-refractivity contribution in [2.45, 2.75) is 64.3 Å². The van der Waals surface area contributed by atoms with E-state index in [1.54, 1.807) is 0 Å². The number of aryl methyl sites for hydroxylation is 1. The Kier molecular flexibility index (Phi) is 6.51. The van der Waals surface area contributed by atoms with Gasteiger partial charge in [0, 0.05) is 25.6 Å². The molecule has 1 amide bonds. The molecule has 0 aromatic heterocycles. The first-order chi connectivity index (χ1) is 14.8. The fraction of sp³-hybridized carbons (Fsp3) is 0.652. The Morgan fingerprint density at radius 2 is 1.84 bits per heavy atom. The Bertz CT molecular complexity index is 943. The molecule has 4 rings (SSSR count). The van der Waals surface area contributed by atoms with Crippen LogP contribution in [0.1, 0.15) is 56.6 Å². The molecule has 1 aromatic carbocycles. The van der Waals surface area contributed by atoms with E-state index in [0.29, 0.717) is 44.8 Å². The van der Waals surface area contributed by atoms with E-state index in [2.05, 4.69) is 17.0 Å². The number of carbonyl (C=O) groups is 1.